The van der Waals surface area contributed by atoms with Crippen molar-refractivity contribution >= 4 is 5.97 Å². The Bertz CT molecular complexity index is 285. The lowest BCUT2D eigenvalue weighted by Gasteiger charge is -2.04. The number of esters is 1. The molecule has 0 saturated carbocycles. The third kappa shape index (κ3) is 23.6. The van der Waals surface area contributed by atoms with Crippen LogP contribution in [0.4, 0.5) is 0 Å². The second-order valence-electron chi connectivity index (χ2n) is 6.83. The van der Waals surface area contributed by atoms with E-state index in [4.69, 9.17) is 4.74 Å². The van der Waals surface area contributed by atoms with Gasteiger partial charge in [0, 0.05) is 6.08 Å². The van der Waals surface area contributed by atoms with E-state index < -0.39 is 0 Å². The summed E-state index contributed by atoms with van der Waals surface area (Å²) in [6, 6.07) is 0. The summed E-state index contributed by atoms with van der Waals surface area (Å²) < 4.78 is 4.93. The van der Waals surface area contributed by atoms with E-state index in [0.717, 1.165) is 13.1 Å². The largest absolute Gasteiger partial charge is 1.00 e. The van der Waals surface area contributed by atoms with Crippen LogP contribution in [0.1, 0.15) is 96.8 Å². The molecule has 0 heterocycles. The Morgan fingerprint density at radius 3 is 1.68 bits per heavy atom. The molecule has 3 nitrogen and oxygen atoms in total. The molecule has 0 fully saturated rings. The third-order valence-electron chi connectivity index (χ3n) is 4.49. The highest BCUT2D eigenvalue weighted by molar-refractivity contribution is 5.81. The van der Waals surface area contributed by atoms with E-state index >= 15 is 0 Å². The van der Waals surface area contributed by atoms with Gasteiger partial charge in [-0.25, -0.2) is 4.79 Å². The fourth-order valence-corrected chi connectivity index (χ4v) is 2.93. The van der Waals surface area contributed by atoms with Gasteiger partial charge in [0.05, 0.1) is 6.54 Å². The van der Waals surface area contributed by atoms with Gasteiger partial charge in [-0.2, -0.15) is 0 Å². The van der Waals surface area contributed by atoms with Crippen molar-refractivity contribution < 1.29 is 31.8 Å². The normalized spacial score (nSPS) is 10.3. The highest BCUT2D eigenvalue weighted by Gasteiger charge is 1.97. The zero-order valence-corrected chi connectivity index (χ0v) is 18.2. The molecule has 0 aromatic heterocycles. The van der Waals surface area contributed by atoms with Gasteiger partial charge in [-0.15, -0.1) is 0 Å². The number of ether oxygens (including phenoxy) is 1. The molecule has 150 valence electrons. The fraction of sp³-hybridized carbons (Fsp3) is 0.857. The number of nitrogens with two attached hydrogens (primary N) is 1. The molecule has 0 spiro atoms. The van der Waals surface area contributed by atoms with Crippen LogP contribution in [0, 0.1) is 0 Å². The Balaban J connectivity index is 0. The maximum atomic E-state index is 10.8. The molecule has 0 amide bonds. The predicted molar refractivity (Wildman–Crippen MR) is 103 cm³/mol. The number of halogens is 1. The SMILES string of the molecule is C=CC(=O)OCC[NH2+]CCCCCCCCCCCCCCCC.[Br-]. The summed E-state index contributed by atoms with van der Waals surface area (Å²) in [5.74, 6) is -0.320. The number of hydrogen-bond acceptors (Lipinski definition) is 2. The molecule has 0 aromatic rings. The van der Waals surface area contributed by atoms with E-state index in [0.29, 0.717) is 6.61 Å². The summed E-state index contributed by atoms with van der Waals surface area (Å²) in [6.45, 7) is 8.15. The molecule has 0 bridgehead atoms. The Morgan fingerprint density at radius 1 is 0.800 bits per heavy atom. The van der Waals surface area contributed by atoms with Gasteiger partial charge in [0.1, 0.15) is 13.2 Å². The average Bonchev–Trinajstić information content (AvgIpc) is 2.60. The minimum absolute atomic E-state index is 0. The number of quaternary nitrogens is 1. The van der Waals surface area contributed by atoms with E-state index in [2.05, 4.69) is 18.8 Å². The maximum Gasteiger partial charge on any atom is 0.330 e. The number of rotatable bonds is 19. The third-order valence-corrected chi connectivity index (χ3v) is 4.49. The van der Waals surface area contributed by atoms with E-state index in [1.807, 2.05) is 0 Å². The van der Waals surface area contributed by atoms with Crippen LogP contribution in [0.3, 0.4) is 0 Å². The van der Waals surface area contributed by atoms with Crippen LogP contribution in [-0.4, -0.2) is 25.7 Å². The lowest BCUT2D eigenvalue weighted by atomic mass is 10.0. The van der Waals surface area contributed by atoms with E-state index in [1.165, 1.54) is 96.0 Å². The molecule has 0 saturated heterocycles. The van der Waals surface area contributed by atoms with Gasteiger partial charge in [0.25, 0.3) is 0 Å². The first-order valence-electron chi connectivity index (χ1n) is 10.4. The topological polar surface area (TPSA) is 42.9 Å². The first kappa shape index (κ1) is 26.9. The summed E-state index contributed by atoms with van der Waals surface area (Å²) in [4.78, 5) is 10.8. The number of unbranched alkanes of at least 4 members (excludes halogenated alkanes) is 13. The Labute approximate surface area is 167 Å². The van der Waals surface area contributed by atoms with Gasteiger partial charge in [-0.05, 0) is 12.8 Å². The summed E-state index contributed by atoms with van der Waals surface area (Å²) in [6.07, 6.45) is 20.9. The van der Waals surface area contributed by atoms with Crippen molar-refractivity contribution in [2.45, 2.75) is 96.8 Å². The van der Waals surface area contributed by atoms with Crippen molar-refractivity contribution in [2.24, 2.45) is 0 Å². The lowest BCUT2D eigenvalue weighted by molar-refractivity contribution is -0.656. The lowest BCUT2D eigenvalue weighted by Crippen LogP contribution is -3.00. The highest BCUT2D eigenvalue weighted by Crippen LogP contribution is 2.12. The second-order valence-corrected chi connectivity index (χ2v) is 6.83. The fourth-order valence-electron chi connectivity index (χ4n) is 2.93. The number of carbonyl (C=O) groups is 1. The van der Waals surface area contributed by atoms with Gasteiger partial charge in [-0.3, -0.25) is 0 Å². The van der Waals surface area contributed by atoms with Gasteiger partial charge in [-0.1, -0.05) is 90.6 Å². The Kier molecular flexibility index (Phi) is 25.4. The first-order chi connectivity index (χ1) is 11.8. The van der Waals surface area contributed by atoms with Crippen LogP contribution in [-0.2, 0) is 9.53 Å². The van der Waals surface area contributed by atoms with Gasteiger partial charge >= 0.3 is 5.97 Å². The molecule has 0 aliphatic heterocycles. The van der Waals surface area contributed by atoms with Crippen LogP contribution < -0.4 is 22.3 Å². The van der Waals surface area contributed by atoms with Crippen LogP contribution in [0.15, 0.2) is 12.7 Å². The molecule has 0 unspecified atom stereocenters. The second kappa shape index (κ2) is 23.6. The predicted octanol–water partition coefficient (Wildman–Crippen LogP) is 1.76. The summed E-state index contributed by atoms with van der Waals surface area (Å²) in [7, 11) is 0. The zero-order chi connectivity index (χ0) is 17.7. The first-order valence-corrected chi connectivity index (χ1v) is 10.4. The molecule has 0 aromatic carbocycles. The van der Waals surface area contributed by atoms with Crippen LogP contribution in [0.2, 0.25) is 0 Å². The van der Waals surface area contributed by atoms with E-state index in [-0.39, 0.29) is 23.0 Å². The molecule has 0 aliphatic rings. The molecule has 0 atom stereocenters. The van der Waals surface area contributed by atoms with Crippen molar-refractivity contribution in [3.63, 3.8) is 0 Å². The van der Waals surface area contributed by atoms with E-state index in [1.54, 1.807) is 0 Å². The van der Waals surface area contributed by atoms with Crippen molar-refractivity contribution in [1.82, 2.24) is 0 Å². The monoisotopic (exact) mass is 419 g/mol. The van der Waals surface area contributed by atoms with Crippen LogP contribution in [0.5, 0.6) is 0 Å². The van der Waals surface area contributed by atoms with Crippen molar-refractivity contribution in [3.05, 3.63) is 12.7 Å². The Morgan fingerprint density at radius 2 is 1.24 bits per heavy atom. The summed E-state index contributed by atoms with van der Waals surface area (Å²) in [5.41, 5.74) is 0. The molecule has 2 N–H and O–H groups in total. The van der Waals surface area contributed by atoms with Gasteiger partial charge in [0.2, 0.25) is 0 Å². The van der Waals surface area contributed by atoms with E-state index in [9.17, 15) is 4.79 Å². The van der Waals surface area contributed by atoms with Crippen molar-refractivity contribution in [3.8, 4) is 0 Å². The minimum atomic E-state index is -0.320. The molecular weight excluding hydrogens is 378 g/mol. The van der Waals surface area contributed by atoms with Crippen molar-refractivity contribution in [2.75, 3.05) is 19.7 Å². The maximum absolute atomic E-state index is 10.8. The number of hydrogen-bond donors (Lipinski definition) is 1. The van der Waals surface area contributed by atoms with Crippen molar-refractivity contribution in [1.29, 1.82) is 0 Å². The smallest absolute Gasteiger partial charge is 0.330 e. The summed E-state index contributed by atoms with van der Waals surface area (Å²) >= 11 is 0. The minimum Gasteiger partial charge on any atom is -1.00 e. The molecule has 0 radical (unpaired) electrons. The summed E-state index contributed by atoms with van der Waals surface area (Å²) in [5, 5.41) is 2.23. The quantitative estimate of drug-likeness (QED) is 0.197. The van der Waals surface area contributed by atoms with Gasteiger partial charge < -0.3 is 27.0 Å². The molecule has 0 rings (SSSR count). The molecule has 4 heteroatoms. The highest BCUT2D eigenvalue weighted by atomic mass is 79.9. The standard InChI is InChI=1S/C21H41NO2.BrH/c1-3-5-6-7-8-9-10-11-12-13-14-15-16-17-18-22-19-20-24-21(23)4-2;/h4,22H,2-3,5-20H2,1H3;1H. The van der Waals surface area contributed by atoms with Crippen LogP contribution in [0.25, 0.3) is 0 Å². The molecule has 25 heavy (non-hydrogen) atoms. The average molecular weight is 420 g/mol. The van der Waals surface area contributed by atoms with Crippen LogP contribution >= 0.6 is 0 Å². The van der Waals surface area contributed by atoms with Gasteiger partial charge in [0.15, 0.2) is 0 Å². The zero-order valence-electron chi connectivity index (χ0n) is 16.6. The molecule has 0 aliphatic carbocycles. The molecular formula is C21H42BrNO2. The Hall–Kier alpha value is -0.350. The number of carbonyl (C=O) groups excluding carboxylic acids is 1.